The number of nitrogens with one attached hydrogen (secondary N) is 1. The predicted octanol–water partition coefficient (Wildman–Crippen LogP) is 3.64. The number of ether oxygens (including phenoxy) is 1. The fraction of sp³-hybridized carbons (Fsp3) is 0.400. The Morgan fingerprint density at radius 3 is 2.31 bits per heavy atom. The van der Waals surface area contributed by atoms with Crippen molar-refractivity contribution in [3.8, 4) is 11.4 Å². The number of sulfonamides is 1. The summed E-state index contributed by atoms with van der Waals surface area (Å²) in [6, 6.07) is 10.8. The van der Waals surface area contributed by atoms with Gasteiger partial charge in [-0.1, -0.05) is 29.5 Å². The molecule has 9 nitrogen and oxygen atoms in total. The van der Waals surface area contributed by atoms with Gasteiger partial charge in [0.2, 0.25) is 15.9 Å². The third-order valence-corrected chi connectivity index (χ3v) is 8.91. The average molecular weight is 530 g/mol. The van der Waals surface area contributed by atoms with Crippen LogP contribution in [0.25, 0.3) is 11.4 Å². The maximum Gasteiger partial charge on any atom is 0.243 e. The van der Waals surface area contributed by atoms with Crippen molar-refractivity contribution in [1.82, 2.24) is 19.1 Å². The Kier molecular flexibility index (Phi) is 8.13. The Balaban J connectivity index is 1.46. The van der Waals surface area contributed by atoms with Crippen molar-refractivity contribution < 1.29 is 17.9 Å². The number of nitrogens with zero attached hydrogens (tertiary/aromatic N) is 4. The number of anilines is 1. The number of rotatable bonds is 8. The lowest BCUT2D eigenvalue weighted by Gasteiger charge is -2.26. The Hall–Kier alpha value is -2.73. The van der Waals surface area contributed by atoms with Crippen LogP contribution >= 0.6 is 11.8 Å². The summed E-state index contributed by atoms with van der Waals surface area (Å²) in [6.07, 6.45) is 0. The lowest BCUT2D eigenvalue weighted by molar-refractivity contribution is -0.113. The normalized spacial score (nSPS) is 14.7. The van der Waals surface area contributed by atoms with Gasteiger partial charge in [0.1, 0.15) is 0 Å². The standard InChI is InChI=1S/C25H31N5O4S2/c1-5-30-24(20-6-8-21(9-7-20)36(32,33)29-10-12-34-13-11-29)27-28-25(30)35-16-22(31)26-23-18(3)14-17(2)15-19(23)4/h6-9,14-15H,5,10-13,16H2,1-4H3,(H,26,31). The highest BCUT2D eigenvalue weighted by atomic mass is 32.2. The molecule has 1 saturated heterocycles. The van der Waals surface area contributed by atoms with E-state index in [-0.39, 0.29) is 16.6 Å². The van der Waals surface area contributed by atoms with Gasteiger partial charge in [-0.25, -0.2) is 8.42 Å². The molecule has 11 heteroatoms. The molecule has 0 saturated carbocycles. The number of carbonyl (C=O) groups excluding carboxylic acids is 1. The topological polar surface area (TPSA) is 106 Å². The Bertz CT molecular complexity index is 1320. The van der Waals surface area contributed by atoms with E-state index >= 15 is 0 Å². The van der Waals surface area contributed by atoms with Gasteiger partial charge < -0.3 is 14.6 Å². The van der Waals surface area contributed by atoms with Crippen LogP contribution in [-0.2, 0) is 26.1 Å². The summed E-state index contributed by atoms with van der Waals surface area (Å²) in [5.74, 6) is 0.711. The molecule has 0 radical (unpaired) electrons. The summed E-state index contributed by atoms with van der Waals surface area (Å²) in [5.41, 5.74) is 4.82. The van der Waals surface area contributed by atoms with Crippen molar-refractivity contribution in [2.75, 3.05) is 37.4 Å². The van der Waals surface area contributed by atoms with Crippen LogP contribution in [0.5, 0.6) is 0 Å². The van der Waals surface area contributed by atoms with E-state index in [9.17, 15) is 13.2 Å². The maximum atomic E-state index is 12.9. The minimum atomic E-state index is -3.56. The van der Waals surface area contributed by atoms with Crippen LogP contribution in [0, 0.1) is 20.8 Å². The van der Waals surface area contributed by atoms with Gasteiger partial charge in [0.05, 0.1) is 23.9 Å². The molecule has 0 unspecified atom stereocenters. The van der Waals surface area contributed by atoms with Crippen LogP contribution in [-0.4, -0.2) is 65.5 Å². The zero-order chi connectivity index (χ0) is 25.9. The highest BCUT2D eigenvalue weighted by Gasteiger charge is 2.26. The first-order valence-corrected chi connectivity index (χ1v) is 14.2. The van der Waals surface area contributed by atoms with E-state index in [0.29, 0.717) is 43.8 Å². The van der Waals surface area contributed by atoms with E-state index in [1.807, 2.05) is 44.4 Å². The van der Waals surface area contributed by atoms with Crippen molar-refractivity contribution in [2.24, 2.45) is 0 Å². The summed E-state index contributed by atoms with van der Waals surface area (Å²) in [6.45, 7) is 10.1. The lowest BCUT2D eigenvalue weighted by atomic mass is 10.1. The van der Waals surface area contributed by atoms with Gasteiger partial charge in [-0.15, -0.1) is 10.2 Å². The molecule has 192 valence electrons. The molecule has 3 aromatic rings. The first-order chi connectivity index (χ1) is 17.2. The molecule has 1 aliphatic rings. The molecule has 1 N–H and O–H groups in total. The molecule has 1 amide bonds. The van der Waals surface area contributed by atoms with Crippen LogP contribution in [0.15, 0.2) is 46.5 Å². The van der Waals surface area contributed by atoms with Crippen LogP contribution in [0.3, 0.4) is 0 Å². The molecule has 0 aliphatic carbocycles. The smallest absolute Gasteiger partial charge is 0.243 e. The van der Waals surface area contributed by atoms with E-state index in [2.05, 4.69) is 15.5 Å². The molecule has 1 fully saturated rings. The zero-order valence-corrected chi connectivity index (χ0v) is 22.6. The van der Waals surface area contributed by atoms with Crippen LogP contribution < -0.4 is 5.32 Å². The molecular weight excluding hydrogens is 498 g/mol. The average Bonchev–Trinajstić information content (AvgIpc) is 3.28. The fourth-order valence-electron chi connectivity index (χ4n) is 4.29. The highest BCUT2D eigenvalue weighted by Crippen LogP contribution is 2.27. The van der Waals surface area contributed by atoms with Gasteiger partial charge in [0, 0.05) is 30.9 Å². The summed E-state index contributed by atoms with van der Waals surface area (Å²) >= 11 is 1.32. The van der Waals surface area contributed by atoms with E-state index < -0.39 is 10.0 Å². The molecule has 36 heavy (non-hydrogen) atoms. The summed E-state index contributed by atoms with van der Waals surface area (Å²) in [5, 5.41) is 12.3. The zero-order valence-electron chi connectivity index (χ0n) is 20.9. The van der Waals surface area contributed by atoms with Crippen LogP contribution in [0.1, 0.15) is 23.6 Å². The number of aryl methyl sites for hydroxylation is 3. The number of hydrogen-bond acceptors (Lipinski definition) is 7. The first kappa shape index (κ1) is 26.3. The SMILES string of the molecule is CCn1c(SCC(=O)Nc2c(C)cc(C)cc2C)nnc1-c1ccc(S(=O)(=O)N2CCOCC2)cc1. The van der Waals surface area contributed by atoms with Crippen LogP contribution in [0.2, 0.25) is 0 Å². The first-order valence-electron chi connectivity index (χ1n) is 11.8. The van der Waals surface area contributed by atoms with Crippen molar-refractivity contribution in [3.63, 3.8) is 0 Å². The van der Waals surface area contributed by atoms with Crippen molar-refractivity contribution in [1.29, 1.82) is 0 Å². The van der Waals surface area contributed by atoms with Crippen LogP contribution in [0.4, 0.5) is 5.69 Å². The van der Waals surface area contributed by atoms with Gasteiger partial charge >= 0.3 is 0 Å². The Labute approximate surface area is 216 Å². The molecule has 1 aromatic heterocycles. The number of amides is 1. The molecular formula is C25H31N5O4S2. The predicted molar refractivity (Wildman–Crippen MR) is 141 cm³/mol. The third kappa shape index (κ3) is 5.64. The molecule has 0 atom stereocenters. The molecule has 0 bridgehead atoms. The van der Waals surface area contributed by atoms with Crippen molar-refractivity contribution >= 4 is 33.4 Å². The van der Waals surface area contributed by atoms with E-state index in [1.54, 1.807) is 24.3 Å². The van der Waals surface area contributed by atoms with E-state index in [1.165, 1.54) is 16.1 Å². The van der Waals surface area contributed by atoms with Gasteiger partial charge in [-0.3, -0.25) is 4.79 Å². The minimum absolute atomic E-state index is 0.111. The molecule has 1 aliphatic heterocycles. The monoisotopic (exact) mass is 529 g/mol. The number of morpholine rings is 1. The molecule has 2 aromatic carbocycles. The molecule has 2 heterocycles. The van der Waals surface area contributed by atoms with Crippen molar-refractivity contribution in [2.45, 2.75) is 44.3 Å². The molecule has 4 rings (SSSR count). The summed E-state index contributed by atoms with van der Waals surface area (Å²) in [7, 11) is -3.56. The Morgan fingerprint density at radius 1 is 1.06 bits per heavy atom. The number of hydrogen-bond donors (Lipinski definition) is 1. The lowest BCUT2D eigenvalue weighted by Crippen LogP contribution is -2.40. The van der Waals surface area contributed by atoms with Crippen molar-refractivity contribution in [3.05, 3.63) is 53.1 Å². The van der Waals surface area contributed by atoms with Gasteiger partial charge in [0.25, 0.3) is 0 Å². The molecule has 0 spiro atoms. The largest absolute Gasteiger partial charge is 0.379 e. The summed E-state index contributed by atoms with van der Waals surface area (Å²) in [4.78, 5) is 12.9. The number of aromatic nitrogens is 3. The van der Waals surface area contributed by atoms with Gasteiger partial charge in [-0.2, -0.15) is 4.31 Å². The minimum Gasteiger partial charge on any atom is -0.379 e. The third-order valence-electron chi connectivity index (χ3n) is 6.03. The maximum absolute atomic E-state index is 12.9. The summed E-state index contributed by atoms with van der Waals surface area (Å²) < 4.78 is 34.4. The number of benzene rings is 2. The van der Waals surface area contributed by atoms with E-state index in [4.69, 9.17) is 4.74 Å². The fourth-order valence-corrected chi connectivity index (χ4v) is 6.50. The highest BCUT2D eigenvalue weighted by molar-refractivity contribution is 7.99. The Morgan fingerprint density at radius 2 is 1.69 bits per heavy atom. The second-order valence-electron chi connectivity index (χ2n) is 8.70. The van der Waals surface area contributed by atoms with E-state index in [0.717, 1.165) is 27.9 Å². The van der Waals surface area contributed by atoms with Gasteiger partial charge in [0.15, 0.2) is 11.0 Å². The second kappa shape index (κ2) is 11.1. The second-order valence-corrected chi connectivity index (χ2v) is 11.6. The number of carbonyl (C=O) groups is 1. The number of thioether (sulfide) groups is 1. The quantitative estimate of drug-likeness (QED) is 0.444. The van der Waals surface area contributed by atoms with Gasteiger partial charge in [-0.05, 0) is 63.1 Å².